The van der Waals surface area contributed by atoms with Gasteiger partial charge in [-0.1, -0.05) is 15.9 Å². The topological polar surface area (TPSA) is 53.1 Å². The first-order chi connectivity index (χ1) is 8.19. The van der Waals surface area contributed by atoms with E-state index in [0.29, 0.717) is 12.4 Å². The number of nitrogen functional groups attached to an aromatic ring is 1. The van der Waals surface area contributed by atoms with Gasteiger partial charge in [0.25, 0.3) is 0 Å². The van der Waals surface area contributed by atoms with Crippen LogP contribution in [0.15, 0.2) is 34.8 Å². The lowest BCUT2D eigenvalue weighted by Crippen LogP contribution is -2.02. The van der Waals surface area contributed by atoms with Crippen molar-refractivity contribution in [1.29, 1.82) is 0 Å². The summed E-state index contributed by atoms with van der Waals surface area (Å²) in [6.07, 6.45) is 0. The molecule has 1 aromatic carbocycles. The molecule has 0 fully saturated rings. The summed E-state index contributed by atoms with van der Waals surface area (Å²) in [4.78, 5) is 0. The summed E-state index contributed by atoms with van der Waals surface area (Å²) < 4.78 is 8.39. The Balaban J connectivity index is 1.99. The molecular formula is C12H14BrN3O. The number of aryl methyl sites for hydroxylation is 1. The van der Waals surface area contributed by atoms with Gasteiger partial charge in [-0.3, -0.25) is 4.68 Å². The Labute approximate surface area is 109 Å². The second-order valence-electron chi connectivity index (χ2n) is 3.62. The number of nitrogens with zero attached hydrogens (tertiary/aromatic N) is 2. The highest BCUT2D eigenvalue weighted by molar-refractivity contribution is 9.10. The molecule has 0 atom stereocenters. The Kier molecular flexibility index (Phi) is 3.68. The normalized spacial score (nSPS) is 10.5. The third kappa shape index (κ3) is 3.00. The summed E-state index contributed by atoms with van der Waals surface area (Å²) in [5.41, 5.74) is 6.62. The van der Waals surface area contributed by atoms with Crippen LogP contribution in [-0.4, -0.2) is 9.78 Å². The number of aromatic nitrogens is 2. The van der Waals surface area contributed by atoms with Crippen LogP contribution in [0.3, 0.4) is 0 Å². The van der Waals surface area contributed by atoms with Crippen LogP contribution in [0.4, 0.5) is 5.82 Å². The number of anilines is 1. The second kappa shape index (κ2) is 5.23. The Morgan fingerprint density at radius 1 is 1.35 bits per heavy atom. The molecule has 90 valence electrons. The van der Waals surface area contributed by atoms with Crippen molar-refractivity contribution in [1.82, 2.24) is 9.78 Å². The minimum absolute atomic E-state index is 0.429. The molecule has 4 nitrogen and oxygen atoms in total. The molecular weight excluding hydrogens is 282 g/mol. The van der Waals surface area contributed by atoms with Gasteiger partial charge in [0.15, 0.2) is 0 Å². The molecule has 17 heavy (non-hydrogen) atoms. The van der Waals surface area contributed by atoms with Crippen molar-refractivity contribution >= 4 is 21.7 Å². The van der Waals surface area contributed by atoms with Gasteiger partial charge in [-0.25, -0.2) is 0 Å². The van der Waals surface area contributed by atoms with Crippen LogP contribution < -0.4 is 10.5 Å². The van der Waals surface area contributed by atoms with Crippen LogP contribution in [0.25, 0.3) is 0 Å². The fourth-order valence-electron chi connectivity index (χ4n) is 1.50. The summed E-state index contributed by atoms with van der Waals surface area (Å²) >= 11 is 3.38. The average Bonchev–Trinajstić information content (AvgIpc) is 2.69. The van der Waals surface area contributed by atoms with Crippen LogP contribution in [0.2, 0.25) is 0 Å². The van der Waals surface area contributed by atoms with Gasteiger partial charge in [0.05, 0.1) is 0 Å². The first kappa shape index (κ1) is 12.0. The third-order valence-electron chi connectivity index (χ3n) is 2.36. The van der Waals surface area contributed by atoms with Crippen LogP contribution >= 0.6 is 15.9 Å². The first-order valence-electron chi connectivity index (χ1n) is 5.39. The fourth-order valence-corrected chi connectivity index (χ4v) is 1.76. The van der Waals surface area contributed by atoms with E-state index in [2.05, 4.69) is 21.0 Å². The Bertz CT molecular complexity index is 493. The zero-order valence-corrected chi connectivity index (χ0v) is 11.1. The van der Waals surface area contributed by atoms with Gasteiger partial charge in [0, 0.05) is 17.1 Å². The van der Waals surface area contributed by atoms with Gasteiger partial charge in [-0.15, -0.1) is 0 Å². The van der Waals surface area contributed by atoms with Crippen molar-refractivity contribution in [2.45, 2.75) is 20.1 Å². The minimum Gasteiger partial charge on any atom is -0.487 e. The number of hydrogen-bond donors (Lipinski definition) is 1. The van der Waals surface area contributed by atoms with Crippen LogP contribution in [0.5, 0.6) is 5.75 Å². The third-order valence-corrected chi connectivity index (χ3v) is 2.89. The van der Waals surface area contributed by atoms with E-state index in [0.717, 1.165) is 22.5 Å². The standard InChI is InChI=1S/C12H14BrN3O/c1-2-16-12(14)7-10(15-16)8-17-11-5-3-9(13)4-6-11/h3-7H,2,8,14H2,1H3. The molecule has 0 unspecified atom stereocenters. The molecule has 0 aliphatic carbocycles. The molecule has 1 heterocycles. The zero-order valence-electron chi connectivity index (χ0n) is 9.56. The monoisotopic (exact) mass is 295 g/mol. The van der Waals surface area contributed by atoms with Gasteiger partial charge in [0.2, 0.25) is 0 Å². The molecule has 1 aromatic heterocycles. The van der Waals surface area contributed by atoms with E-state index in [1.54, 1.807) is 4.68 Å². The number of rotatable bonds is 4. The van der Waals surface area contributed by atoms with Crippen molar-refractivity contribution in [2.75, 3.05) is 5.73 Å². The molecule has 0 bridgehead atoms. The fraction of sp³-hybridized carbons (Fsp3) is 0.250. The largest absolute Gasteiger partial charge is 0.487 e. The van der Waals surface area contributed by atoms with E-state index in [4.69, 9.17) is 10.5 Å². The van der Waals surface area contributed by atoms with Crippen molar-refractivity contribution in [3.8, 4) is 5.75 Å². The SMILES string of the molecule is CCn1nc(COc2ccc(Br)cc2)cc1N. The molecule has 0 saturated heterocycles. The van der Waals surface area contributed by atoms with Crippen molar-refractivity contribution < 1.29 is 4.74 Å². The summed E-state index contributed by atoms with van der Waals surface area (Å²) in [6.45, 7) is 3.20. The van der Waals surface area contributed by atoms with E-state index in [1.165, 1.54) is 0 Å². The zero-order chi connectivity index (χ0) is 12.3. The maximum Gasteiger partial charge on any atom is 0.132 e. The smallest absolute Gasteiger partial charge is 0.132 e. The highest BCUT2D eigenvalue weighted by Gasteiger charge is 2.04. The average molecular weight is 296 g/mol. The van der Waals surface area contributed by atoms with Gasteiger partial charge >= 0.3 is 0 Å². The Morgan fingerprint density at radius 2 is 2.06 bits per heavy atom. The number of halogens is 1. The molecule has 0 amide bonds. The van der Waals surface area contributed by atoms with Crippen LogP contribution in [0, 0.1) is 0 Å². The Morgan fingerprint density at radius 3 is 2.65 bits per heavy atom. The van der Waals surface area contributed by atoms with E-state index in [9.17, 15) is 0 Å². The van der Waals surface area contributed by atoms with Gasteiger partial charge < -0.3 is 10.5 Å². The van der Waals surface area contributed by atoms with E-state index in [-0.39, 0.29) is 0 Å². The first-order valence-corrected chi connectivity index (χ1v) is 6.19. The van der Waals surface area contributed by atoms with Gasteiger partial charge in [0.1, 0.15) is 23.9 Å². The summed E-state index contributed by atoms with van der Waals surface area (Å²) in [5, 5.41) is 4.32. The summed E-state index contributed by atoms with van der Waals surface area (Å²) in [7, 11) is 0. The molecule has 0 aliphatic heterocycles. The van der Waals surface area contributed by atoms with E-state index in [1.807, 2.05) is 37.3 Å². The lowest BCUT2D eigenvalue weighted by atomic mass is 10.3. The van der Waals surface area contributed by atoms with Crippen molar-refractivity contribution in [3.05, 3.63) is 40.5 Å². The summed E-state index contributed by atoms with van der Waals surface area (Å²) in [5.74, 6) is 1.49. The number of hydrogen-bond acceptors (Lipinski definition) is 3. The highest BCUT2D eigenvalue weighted by Crippen LogP contribution is 2.17. The second-order valence-corrected chi connectivity index (χ2v) is 4.53. The lowest BCUT2D eigenvalue weighted by Gasteiger charge is -2.03. The lowest BCUT2D eigenvalue weighted by molar-refractivity contribution is 0.299. The maximum atomic E-state index is 5.78. The Hall–Kier alpha value is -1.49. The maximum absolute atomic E-state index is 5.78. The molecule has 2 N–H and O–H groups in total. The number of nitrogens with two attached hydrogens (primary N) is 1. The van der Waals surface area contributed by atoms with Crippen LogP contribution in [0.1, 0.15) is 12.6 Å². The van der Waals surface area contributed by atoms with Crippen molar-refractivity contribution in [2.24, 2.45) is 0 Å². The molecule has 0 spiro atoms. The molecule has 0 aliphatic rings. The predicted molar refractivity (Wildman–Crippen MR) is 70.8 cm³/mol. The number of benzene rings is 1. The van der Waals surface area contributed by atoms with Crippen molar-refractivity contribution in [3.63, 3.8) is 0 Å². The molecule has 2 rings (SSSR count). The van der Waals surface area contributed by atoms with E-state index >= 15 is 0 Å². The summed E-state index contributed by atoms with van der Waals surface area (Å²) in [6, 6.07) is 9.53. The quantitative estimate of drug-likeness (QED) is 0.944. The molecule has 0 saturated carbocycles. The predicted octanol–water partition coefficient (Wildman–Crippen LogP) is 2.83. The van der Waals surface area contributed by atoms with Gasteiger partial charge in [-0.05, 0) is 31.2 Å². The molecule has 5 heteroatoms. The highest BCUT2D eigenvalue weighted by atomic mass is 79.9. The minimum atomic E-state index is 0.429. The number of ether oxygens (including phenoxy) is 1. The molecule has 0 radical (unpaired) electrons. The van der Waals surface area contributed by atoms with E-state index < -0.39 is 0 Å². The van der Waals surface area contributed by atoms with Crippen LogP contribution in [-0.2, 0) is 13.2 Å². The van der Waals surface area contributed by atoms with Gasteiger partial charge in [-0.2, -0.15) is 5.10 Å². The molecule has 2 aromatic rings.